The van der Waals surface area contributed by atoms with E-state index in [0.29, 0.717) is 24.2 Å². The highest BCUT2D eigenvalue weighted by Gasteiger charge is 2.32. The van der Waals surface area contributed by atoms with Gasteiger partial charge in [-0.15, -0.1) is 0 Å². The Morgan fingerprint density at radius 3 is 2.36 bits per heavy atom. The van der Waals surface area contributed by atoms with E-state index in [9.17, 15) is 9.59 Å². The van der Waals surface area contributed by atoms with Gasteiger partial charge in [-0.1, -0.05) is 52.8 Å². The van der Waals surface area contributed by atoms with Crippen LogP contribution >= 0.6 is 0 Å². The standard InChI is InChI=1S/C23H26O3.C2H6/c1-4-16-6-10-20(11-7-16)26-22(25)18-9-8-17-14-19(24)12-13-23(3,5-2)21(17)15-18;1-2/h6-11,15H,4-5,12-14H2,1-3H3;1-2H3. The van der Waals surface area contributed by atoms with Crippen molar-refractivity contribution in [3.63, 3.8) is 0 Å². The van der Waals surface area contributed by atoms with Crippen molar-refractivity contribution < 1.29 is 14.3 Å². The summed E-state index contributed by atoms with van der Waals surface area (Å²) < 4.78 is 5.54. The molecule has 0 N–H and O–H groups in total. The summed E-state index contributed by atoms with van der Waals surface area (Å²) in [5.74, 6) is 0.469. The number of fused-ring (bicyclic) bond motifs is 1. The van der Waals surface area contributed by atoms with Crippen molar-refractivity contribution in [1.29, 1.82) is 0 Å². The summed E-state index contributed by atoms with van der Waals surface area (Å²) in [5.41, 5.74) is 3.82. The molecule has 1 aliphatic carbocycles. The molecule has 0 fully saturated rings. The van der Waals surface area contributed by atoms with Gasteiger partial charge in [0.15, 0.2) is 0 Å². The number of rotatable bonds is 4. The lowest BCUT2D eigenvalue weighted by molar-refractivity contribution is -0.118. The second kappa shape index (κ2) is 9.68. The van der Waals surface area contributed by atoms with Crippen molar-refractivity contribution in [3.05, 3.63) is 64.7 Å². The minimum absolute atomic E-state index is 0.0828. The van der Waals surface area contributed by atoms with Crippen LogP contribution in [0.2, 0.25) is 0 Å². The van der Waals surface area contributed by atoms with Crippen molar-refractivity contribution in [1.82, 2.24) is 0 Å². The third-order valence-electron chi connectivity index (χ3n) is 5.66. The molecule has 2 aromatic carbocycles. The van der Waals surface area contributed by atoms with Gasteiger partial charge in [0, 0.05) is 12.8 Å². The first-order valence-corrected chi connectivity index (χ1v) is 10.4. The van der Waals surface area contributed by atoms with E-state index in [2.05, 4.69) is 20.8 Å². The molecule has 0 aliphatic heterocycles. The number of benzene rings is 2. The van der Waals surface area contributed by atoms with Gasteiger partial charge in [0.2, 0.25) is 0 Å². The smallest absolute Gasteiger partial charge is 0.343 e. The zero-order valence-electron chi connectivity index (χ0n) is 17.8. The van der Waals surface area contributed by atoms with E-state index in [1.165, 1.54) is 5.56 Å². The molecular formula is C25H32O3. The van der Waals surface area contributed by atoms with Gasteiger partial charge in [-0.05, 0) is 65.6 Å². The van der Waals surface area contributed by atoms with E-state index >= 15 is 0 Å². The van der Waals surface area contributed by atoms with Crippen LogP contribution in [0.3, 0.4) is 0 Å². The van der Waals surface area contributed by atoms with E-state index in [4.69, 9.17) is 4.74 Å². The fourth-order valence-corrected chi connectivity index (χ4v) is 3.60. The molecule has 1 aliphatic rings. The first-order valence-electron chi connectivity index (χ1n) is 10.4. The average Bonchev–Trinajstić information content (AvgIpc) is 2.86. The summed E-state index contributed by atoms with van der Waals surface area (Å²) in [6.07, 6.45) is 3.77. The van der Waals surface area contributed by atoms with Gasteiger partial charge in [-0.3, -0.25) is 4.79 Å². The molecule has 0 spiro atoms. The highest BCUT2D eigenvalue weighted by molar-refractivity contribution is 5.92. The summed E-state index contributed by atoms with van der Waals surface area (Å²) in [6, 6.07) is 13.2. The first kappa shape index (κ1) is 21.9. The second-order valence-electron chi connectivity index (χ2n) is 7.39. The van der Waals surface area contributed by atoms with Crippen LogP contribution in [0, 0.1) is 0 Å². The third-order valence-corrected chi connectivity index (χ3v) is 5.66. The second-order valence-corrected chi connectivity index (χ2v) is 7.39. The number of aryl methyl sites for hydroxylation is 1. The lowest BCUT2D eigenvalue weighted by atomic mass is 9.75. The predicted octanol–water partition coefficient (Wildman–Crippen LogP) is 6.07. The Morgan fingerprint density at radius 2 is 1.75 bits per heavy atom. The molecule has 0 aromatic heterocycles. The number of Topliss-reactive ketones (excluding diaryl/α,β-unsaturated/α-hetero) is 1. The van der Waals surface area contributed by atoms with E-state index in [1.807, 2.05) is 50.2 Å². The van der Waals surface area contributed by atoms with Crippen LogP contribution in [-0.4, -0.2) is 11.8 Å². The molecule has 0 saturated carbocycles. The van der Waals surface area contributed by atoms with Gasteiger partial charge in [0.25, 0.3) is 0 Å². The molecule has 2 aromatic rings. The van der Waals surface area contributed by atoms with E-state index in [1.54, 1.807) is 6.07 Å². The Hall–Kier alpha value is -2.42. The number of carbonyl (C=O) groups is 2. The van der Waals surface area contributed by atoms with Crippen molar-refractivity contribution in [2.45, 2.75) is 72.1 Å². The summed E-state index contributed by atoms with van der Waals surface area (Å²) in [5, 5.41) is 0. The molecule has 0 bridgehead atoms. The van der Waals surface area contributed by atoms with Crippen LogP contribution in [0.1, 0.15) is 80.9 Å². The molecule has 3 rings (SSSR count). The molecule has 0 radical (unpaired) electrons. The highest BCUT2D eigenvalue weighted by atomic mass is 16.5. The minimum atomic E-state index is -0.355. The van der Waals surface area contributed by atoms with Crippen LogP contribution in [0.4, 0.5) is 0 Å². The normalized spacial score (nSPS) is 18.4. The number of hydrogen-bond acceptors (Lipinski definition) is 3. The van der Waals surface area contributed by atoms with Gasteiger partial charge < -0.3 is 4.74 Å². The zero-order valence-corrected chi connectivity index (χ0v) is 17.8. The number of ketones is 1. The van der Waals surface area contributed by atoms with Crippen molar-refractivity contribution in [2.24, 2.45) is 0 Å². The lowest BCUT2D eigenvalue weighted by Gasteiger charge is -2.29. The molecule has 0 saturated heterocycles. The fourth-order valence-electron chi connectivity index (χ4n) is 3.60. The first-order chi connectivity index (χ1) is 13.4. The van der Waals surface area contributed by atoms with Crippen LogP contribution in [0.5, 0.6) is 5.75 Å². The minimum Gasteiger partial charge on any atom is -0.423 e. The number of hydrogen-bond donors (Lipinski definition) is 0. The maximum atomic E-state index is 12.6. The maximum Gasteiger partial charge on any atom is 0.343 e. The van der Waals surface area contributed by atoms with Gasteiger partial charge in [-0.25, -0.2) is 4.79 Å². The molecule has 0 heterocycles. The Balaban J connectivity index is 0.00000136. The number of carbonyl (C=O) groups excluding carboxylic acids is 2. The van der Waals surface area contributed by atoms with Gasteiger partial charge in [-0.2, -0.15) is 0 Å². The Bertz CT molecular complexity index is 820. The van der Waals surface area contributed by atoms with Crippen molar-refractivity contribution in [3.8, 4) is 5.75 Å². The van der Waals surface area contributed by atoms with Crippen molar-refractivity contribution >= 4 is 11.8 Å². The molecule has 150 valence electrons. The van der Waals surface area contributed by atoms with E-state index < -0.39 is 0 Å². The predicted molar refractivity (Wildman–Crippen MR) is 114 cm³/mol. The summed E-state index contributed by atoms with van der Waals surface area (Å²) in [7, 11) is 0. The van der Waals surface area contributed by atoms with Gasteiger partial charge >= 0.3 is 5.97 Å². The Kier molecular flexibility index (Phi) is 7.56. The Morgan fingerprint density at radius 1 is 1.07 bits per heavy atom. The topological polar surface area (TPSA) is 43.4 Å². The average molecular weight is 381 g/mol. The monoisotopic (exact) mass is 380 g/mol. The quantitative estimate of drug-likeness (QED) is 0.367. The van der Waals surface area contributed by atoms with Crippen molar-refractivity contribution in [2.75, 3.05) is 0 Å². The SMILES string of the molecule is CC.CCc1ccc(OC(=O)c2ccc3c(c2)C(C)(CC)CCC(=O)C3)cc1. The summed E-state index contributed by atoms with van der Waals surface area (Å²) in [4.78, 5) is 24.7. The lowest BCUT2D eigenvalue weighted by Crippen LogP contribution is -2.22. The van der Waals surface area contributed by atoms with E-state index in [-0.39, 0.29) is 17.2 Å². The molecular weight excluding hydrogens is 348 g/mol. The summed E-state index contributed by atoms with van der Waals surface area (Å²) >= 11 is 0. The highest BCUT2D eigenvalue weighted by Crippen LogP contribution is 2.38. The molecule has 28 heavy (non-hydrogen) atoms. The largest absolute Gasteiger partial charge is 0.423 e. The molecule has 1 unspecified atom stereocenters. The third kappa shape index (κ3) is 4.89. The fraction of sp³-hybridized carbons (Fsp3) is 0.440. The van der Waals surface area contributed by atoms with Crippen LogP contribution < -0.4 is 4.74 Å². The maximum absolute atomic E-state index is 12.6. The molecule has 0 amide bonds. The van der Waals surface area contributed by atoms with Crippen LogP contribution in [0.25, 0.3) is 0 Å². The van der Waals surface area contributed by atoms with Crippen LogP contribution in [0.15, 0.2) is 42.5 Å². The van der Waals surface area contributed by atoms with Gasteiger partial charge in [0.05, 0.1) is 5.56 Å². The van der Waals surface area contributed by atoms with Crippen LogP contribution in [-0.2, 0) is 23.1 Å². The van der Waals surface area contributed by atoms with Gasteiger partial charge in [0.1, 0.15) is 11.5 Å². The van der Waals surface area contributed by atoms with E-state index in [0.717, 1.165) is 30.4 Å². The zero-order chi connectivity index (χ0) is 20.7. The molecule has 3 nitrogen and oxygen atoms in total. The Labute approximate surface area is 169 Å². The summed E-state index contributed by atoms with van der Waals surface area (Å²) in [6.45, 7) is 10.4. The molecule has 1 atom stereocenters. The molecule has 3 heteroatoms. The number of ether oxygens (including phenoxy) is 1. The number of esters is 1.